The first kappa shape index (κ1) is 24.5. The van der Waals surface area contributed by atoms with E-state index in [-0.39, 0.29) is 0 Å². The molecule has 2 aliphatic rings. The summed E-state index contributed by atoms with van der Waals surface area (Å²) in [5.74, 6) is 1.48. The number of furan rings is 1. The summed E-state index contributed by atoms with van der Waals surface area (Å²) < 4.78 is 8.73. The molecule has 0 radical (unpaired) electrons. The largest absolute Gasteiger partial charge is 0.454 e. The highest BCUT2D eigenvalue weighted by Gasteiger charge is 2.38. The number of hydrogen-bond acceptors (Lipinski definition) is 2. The van der Waals surface area contributed by atoms with Crippen molar-refractivity contribution in [2.24, 2.45) is 0 Å². The summed E-state index contributed by atoms with van der Waals surface area (Å²) in [5.41, 5.74) is 12.2. The highest BCUT2D eigenvalue weighted by Crippen LogP contribution is 2.55. The van der Waals surface area contributed by atoms with E-state index in [4.69, 9.17) is 4.42 Å². The van der Waals surface area contributed by atoms with Crippen molar-refractivity contribution < 1.29 is 4.42 Å². The zero-order chi connectivity index (χ0) is 27.0. The molecule has 1 heterocycles. The summed E-state index contributed by atoms with van der Waals surface area (Å²) in [6.45, 7) is 2.31. The van der Waals surface area contributed by atoms with Crippen LogP contribution in [-0.2, 0) is 0 Å². The van der Waals surface area contributed by atoms with Crippen molar-refractivity contribution in [2.45, 2.75) is 38.0 Å². The average molecular weight is 649 g/mol. The normalized spacial score (nSPS) is 17.6. The lowest BCUT2D eigenvalue weighted by Crippen LogP contribution is -2.10. The van der Waals surface area contributed by atoms with Gasteiger partial charge in [-0.15, -0.1) is 0 Å². The summed E-state index contributed by atoms with van der Waals surface area (Å²) in [6, 6.07) is 35.0. The predicted octanol–water partition coefficient (Wildman–Crippen LogP) is 11.9. The summed E-state index contributed by atoms with van der Waals surface area (Å²) in [7, 11) is 0. The lowest BCUT2D eigenvalue weighted by atomic mass is 9.85. The Labute approximate surface area is 250 Å². The van der Waals surface area contributed by atoms with Gasteiger partial charge in [0.2, 0.25) is 0 Å². The van der Waals surface area contributed by atoms with Gasteiger partial charge in [0.25, 0.3) is 0 Å². The number of nitrogens with zero attached hydrogens (tertiary/aromatic N) is 1. The lowest BCUT2D eigenvalue weighted by molar-refractivity contribution is 0.669. The number of anilines is 3. The minimum absolute atomic E-state index is 0.721. The minimum atomic E-state index is 0.721. The van der Waals surface area contributed by atoms with Crippen molar-refractivity contribution in [1.82, 2.24) is 0 Å². The van der Waals surface area contributed by atoms with Crippen LogP contribution in [0.4, 0.5) is 17.1 Å². The van der Waals surface area contributed by atoms with Crippen LogP contribution in [0.15, 0.2) is 110 Å². The molecule has 0 N–H and O–H groups in total. The van der Waals surface area contributed by atoms with E-state index in [1.54, 1.807) is 11.1 Å². The number of benzene rings is 5. The van der Waals surface area contributed by atoms with E-state index < -0.39 is 0 Å². The van der Waals surface area contributed by atoms with Crippen LogP contribution in [0.2, 0.25) is 0 Å². The Bertz CT molecular complexity index is 1870. The van der Waals surface area contributed by atoms with Crippen LogP contribution in [0.1, 0.15) is 47.8 Å². The summed E-state index contributed by atoms with van der Waals surface area (Å²) in [5, 5.41) is 2.28. The molecule has 2 unspecified atom stereocenters. The van der Waals surface area contributed by atoms with Gasteiger partial charge >= 0.3 is 0 Å². The van der Waals surface area contributed by atoms with Crippen LogP contribution < -0.4 is 4.90 Å². The molecular weight excluding hydrogens is 622 g/mol. The predicted molar refractivity (Wildman–Crippen MR) is 173 cm³/mol. The molecule has 2 atom stereocenters. The van der Waals surface area contributed by atoms with Crippen molar-refractivity contribution in [2.75, 3.05) is 4.90 Å². The van der Waals surface area contributed by atoms with Crippen molar-refractivity contribution in [1.29, 1.82) is 0 Å². The van der Waals surface area contributed by atoms with Crippen LogP contribution >= 0.6 is 31.9 Å². The molecule has 5 aromatic carbocycles. The number of hydrogen-bond donors (Lipinski definition) is 0. The monoisotopic (exact) mass is 647 g/mol. The van der Waals surface area contributed by atoms with Crippen molar-refractivity contribution >= 4 is 70.9 Å². The second kappa shape index (κ2) is 9.36. The van der Waals surface area contributed by atoms with Crippen LogP contribution in [0.25, 0.3) is 33.1 Å². The van der Waals surface area contributed by atoms with Gasteiger partial charge in [0, 0.05) is 31.1 Å². The number of rotatable bonds is 4. The molecule has 4 heteroatoms. The van der Waals surface area contributed by atoms with Gasteiger partial charge < -0.3 is 9.32 Å². The lowest BCUT2D eigenvalue weighted by Gasteiger charge is -2.26. The van der Waals surface area contributed by atoms with Gasteiger partial charge in [0.05, 0.1) is 5.69 Å². The second-order valence-corrected chi connectivity index (χ2v) is 13.1. The van der Waals surface area contributed by atoms with E-state index in [1.807, 2.05) is 6.07 Å². The van der Waals surface area contributed by atoms with Crippen molar-refractivity contribution in [3.63, 3.8) is 0 Å². The average Bonchev–Trinajstić information content (AvgIpc) is 3.69. The van der Waals surface area contributed by atoms with Crippen LogP contribution in [-0.4, -0.2) is 0 Å². The smallest absolute Gasteiger partial charge is 0.159 e. The SMILES string of the molecule is Cc1cc(-c2cc(N(c3ccc(Br)cc3)c3ccc(Br)cc3)c3oc4ccccc4c3c2)cc2c1C1CCC2C1. The third-order valence-electron chi connectivity index (χ3n) is 8.90. The molecule has 1 saturated carbocycles. The van der Waals surface area contributed by atoms with E-state index in [2.05, 4.69) is 135 Å². The zero-order valence-corrected chi connectivity index (χ0v) is 25.3. The van der Waals surface area contributed by atoms with Crippen LogP contribution in [0.3, 0.4) is 0 Å². The highest BCUT2D eigenvalue weighted by molar-refractivity contribution is 9.10. The molecule has 0 amide bonds. The molecule has 2 aliphatic carbocycles. The fourth-order valence-corrected chi connectivity index (χ4v) is 7.69. The fourth-order valence-electron chi connectivity index (χ4n) is 7.16. The molecule has 0 saturated heterocycles. The number of fused-ring (bicyclic) bond motifs is 8. The Morgan fingerprint density at radius 1 is 0.700 bits per heavy atom. The first-order valence-corrected chi connectivity index (χ1v) is 15.5. The Morgan fingerprint density at radius 3 is 2.08 bits per heavy atom. The Hall–Kier alpha value is -3.34. The topological polar surface area (TPSA) is 16.4 Å². The standard InChI is InChI=1S/C36H27Br2NO/c1-21-16-24(18-31-22-6-7-23(17-22)35(21)31)25-19-32-30-4-2-3-5-34(30)40-36(32)33(20-25)39(28-12-8-26(37)9-13-28)29-14-10-27(38)11-15-29/h2-5,8-16,18-20,22-23H,6-7,17H2,1H3. The molecule has 2 nitrogen and oxygen atoms in total. The second-order valence-electron chi connectivity index (χ2n) is 11.3. The maximum atomic E-state index is 6.62. The summed E-state index contributed by atoms with van der Waals surface area (Å²) in [6.07, 6.45) is 4.01. The maximum absolute atomic E-state index is 6.62. The highest BCUT2D eigenvalue weighted by atomic mass is 79.9. The quantitative estimate of drug-likeness (QED) is 0.189. The third-order valence-corrected chi connectivity index (χ3v) is 9.96. The van der Waals surface area contributed by atoms with E-state index in [0.717, 1.165) is 59.8 Å². The number of halogens is 2. The van der Waals surface area contributed by atoms with E-state index in [1.165, 1.54) is 36.0 Å². The number of para-hydroxylation sites is 1. The third kappa shape index (κ3) is 3.88. The molecule has 1 fully saturated rings. The maximum Gasteiger partial charge on any atom is 0.159 e. The zero-order valence-electron chi connectivity index (χ0n) is 22.1. The fraction of sp³-hybridized carbons (Fsp3) is 0.167. The molecule has 0 spiro atoms. The van der Waals surface area contributed by atoms with Gasteiger partial charge in [0.15, 0.2) is 5.58 Å². The Balaban J connectivity index is 1.42. The molecule has 0 aliphatic heterocycles. The van der Waals surface area contributed by atoms with Crippen LogP contribution in [0, 0.1) is 6.92 Å². The van der Waals surface area contributed by atoms with Gasteiger partial charge in [-0.1, -0.05) is 62.2 Å². The molecule has 2 bridgehead atoms. The van der Waals surface area contributed by atoms with E-state index in [0.29, 0.717) is 0 Å². The van der Waals surface area contributed by atoms with Gasteiger partial charge in [-0.25, -0.2) is 0 Å². The van der Waals surface area contributed by atoms with Gasteiger partial charge in [-0.2, -0.15) is 0 Å². The van der Waals surface area contributed by atoms with Crippen molar-refractivity contribution in [3.8, 4) is 11.1 Å². The first-order chi connectivity index (χ1) is 19.5. The molecule has 196 valence electrons. The van der Waals surface area contributed by atoms with Crippen LogP contribution in [0.5, 0.6) is 0 Å². The Kier molecular flexibility index (Phi) is 5.72. The van der Waals surface area contributed by atoms with Gasteiger partial charge in [-0.05, 0) is 133 Å². The molecule has 40 heavy (non-hydrogen) atoms. The molecule has 1 aromatic heterocycles. The minimum Gasteiger partial charge on any atom is -0.454 e. The van der Waals surface area contributed by atoms with Crippen molar-refractivity contribution in [3.05, 3.63) is 123 Å². The Morgan fingerprint density at radius 2 is 1.35 bits per heavy atom. The van der Waals surface area contributed by atoms with Gasteiger partial charge in [-0.3, -0.25) is 0 Å². The molecule has 6 aromatic rings. The first-order valence-electron chi connectivity index (χ1n) is 13.9. The number of aryl methyl sites for hydroxylation is 1. The summed E-state index contributed by atoms with van der Waals surface area (Å²) >= 11 is 7.25. The van der Waals surface area contributed by atoms with Gasteiger partial charge in [0.1, 0.15) is 5.58 Å². The summed E-state index contributed by atoms with van der Waals surface area (Å²) in [4.78, 5) is 2.31. The van der Waals surface area contributed by atoms with E-state index in [9.17, 15) is 0 Å². The molecule has 8 rings (SSSR count). The van der Waals surface area contributed by atoms with E-state index >= 15 is 0 Å². The molecular formula is C36H27Br2NO.